The SMILES string of the molecule is Cc1ccc(-n2[nH]c(C)c(N=Nc3cccc(-c4cccc(C(=O)O[C@H]5O[C@@H](C(=O)O)[C@H](O)[C@@H](O)[C@@H]5O)c4)c3O)c2=O)cc1C. The highest BCUT2D eigenvalue weighted by Gasteiger charge is 2.48. The van der Waals surface area contributed by atoms with Gasteiger partial charge in [0.25, 0.3) is 5.56 Å². The van der Waals surface area contributed by atoms with Gasteiger partial charge in [-0.1, -0.05) is 30.3 Å². The van der Waals surface area contributed by atoms with Crippen LogP contribution in [0.3, 0.4) is 0 Å². The van der Waals surface area contributed by atoms with E-state index in [2.05, 4.69) is 15.3 Å². The summed E-state index contributed by atoms with van der Waals surface area (Å²) in [5.74, 6) is -2.95. The van der Waals surface area contributed by atoms with Crippen LogP contribution in [-0.4, -0.2) is 78.0 Å². The maximum Gasteiger partial charge on any atom is 0.340 e. The van der Waals surface area contributed by atoms with Crippen molar-refractivity contribution in [2.24, 2.45) is 10.2 Å². The van der Waals surface area contributed by atoms with Crippen molar-refractivity contribution in [3.8, 4) is 22.6 Å². The van der Waals surface area contributed by atoms with E-state index in [1.165, 1.54) is 28.9 Å². The number of aliphatic hydroxyl groups excluding tert-OH is 3. The van der Waals surface area contributed by atoms with Crippen molar-refractivity contribution in [2.45, 2.75) is 51.5 Å². The lowest BCUT2D eigenvalue weighted by molar-refractivity contribution is -0.278. The first-order valence-electron chi connectivity index (χ1n) is 13.7. The lowest BCUT2D eigenvalue weighted by Crippen LogP contribution is -2.60. The van der Waals surface area contributed by atoms with Crippen LogP contribution in [-0.2, 0) is 14.3 Å². The Morgan fingerprint density at radius 1 is 0.911 bits per heavy atom. The largest absolute Gasteiger partial charge is 0.505 e. The molecule has 0 unspecified atom stereocenters. The van der Waals surface area contributed by atoms with E-state index >= 15 is 0 Å². The number of aromatic amines is 1. The summed E-state index contributed by atoms with van der Waals surface area (Å²) >= 11 is 0. The molecule has 3 aromatic carbocycles. The van der Waals surface area contributed by atoms with Gasteiger partial charge in [-0.2, -0.15) is 0 Å². The number of phenolic OH excluding ortho intramolecular Hbond substituents is 1. The second-order valence-corrected chi connectivity index (χ2v) is 10.6. The normalized spacial score (nSPS) is 21.6. The molecule has 2 heterocycles. The molecule has 5 atom stereocenters. The molecular formula is C31H30N4O10. The summed E-state index contributed by atoms with van der Waals surface area (Å²) < 4.78 is 11.5. The van der Waals surface area contributed by atoms with Crippen LogP contribution in [0.1, 0.15) is 27.2 Å². The number of aromatic nitrogens is 2. The van der Waals surface area contributed by atoms with Crippen molar-refractivity contribution in [3.05, 3.63) is 93.4 Å². The molecule has 1 aromatic heterocycles. The second kappa shape index (κ2) is 12.5. The molecular weight excluding hydrogens is 588 g/mol. The summed E-state index contributed by atoms with van der Waals surface area (Å²) in [6, 6.07) is 16.1. The number of hydrogen-bond acceptors (Lipinski definition) is 11. The van der Waals surface area contributed by atoms with Gasteiger partial charge in [0.2, 0.25) is 6.29 Å². The number of nitrogens with one attached hydrogen (secondary N) is 1. The van der Waals surface area contributed by atoms with E-state index in [1.807, 2.05) is 32.0 Å². The van der Waals surface area contributed by atoms with Gasteiger partial charge in [0.05, 0.1) is 16.9 Å². The van der Waals surface area contributed by atoms with Crippen LogP contribution in [0.25, 0.3) is 16.8 Å². The number of carbonyl (C=O) groups excluding carboxylic acids is 1. The number of ether oxygens (including phenoxy) is 2. The number of aliphatic carboxylic acids is 1. The Labute approximate surface area is 255 Å². The first-order chi connectivity index (χ1) is 21.4. The Bertz CT molecular complexity index is 1860. The molecule has 5 rings (SSSR count). The van der Waals surface area contributed by atoms with E-state index in [4.69, 9.17) is 9.47 Å². The maximum absolute atomic E-state index is 13.1. The van der Waals surface area contributed by atoms with Crippen molar-refractivity contribution in [1.29, 1.82) is 0 Å². The van der Waals surface area contributed by atoms with Gasteiger partial charge in [0.1, 0.15) is 24.0 Å². The zero-order valence-electron chi connectivity index (χ0n) is 24.3. The molecule has 45 heavy (non-hydrogen) atoms. The topological polar surface area (TPSA) is 216 Å². The number of hydrogen-bond donors (Lipinski definition) is 6. The summed E-state index contributed by atoms with van der Waals surface area (Å²) in [5.41, 5.74) is 3.43. The minimum atomic E-state index is -1.94. The van der Waals surface area contributed by atoms with Gasteiger partial charge in [-0.25, -0.2) is 14.3 Å². The number of H-pyrrole nitrogens is 1. The van der Waals surface area contributed by atoms with E-state index < -0.39 is 48.2 Å². The van der Waals surface area contributed by atoms with Gasteiger partial charge in [-0.05, 0) is 67.8 Å². The van der Waals surface area contributed by atoms with E-state index in [-0.39, 0.29) is 28.3 Å². The van der Waals surface area contributed by atoms with Crippen molar-refractivity contribution in [3.63, 3.8) is 0 Å². The van der Waals surface area contributed by atoms with Crippen LogP contribution in [0.5, 0.6) is 5.75 Å². The highest BCUT2D eigenvalue weighted by molar-refractivity contribution is 5.92. The fraction of sp³-hybridized carbons (Fsp3) is 0.258. The number of nitrogens with zero attached hydrogens (tertiary/aromatic N) is 3. The van der Waals surface area contributed by atoms with Crippen LogP contribution in [0, 0.1) is 20.8 Å². The number of carboxylic acid groups (broad SMARTS) is 1. The molecule has 0 spiro atoms. The summed E-state index contributed by atoms with van der Waals surface area (Å²) in [4.78, 5) is 37.4. The van der Waals surface area contributed by atoms with E-state index in [1.54, 1.807) is 25.1 Å². The molecule has 1 fully saturated rings. The number of carboxylic acids is 1. The molecule has 1 aliphatic rings. The molecule has 0 amide bonds. The maximum atomic E-state index is 13.1. The number of aryl methyl sites for hydroxylation is 3. The number of esters is 1. The highest BCUT2D eigenvalue weighted by atomic mass is 16.7. The smallest absolute Gasteiger partial charge is 0.340 e. The third-order valence-electron chi connectivity index (χ3n) is 7.51. The summed E-state index contributed by atoms with van der Waals surface area (Å²) in [5, 5.41) is 61.5. The summed E-state index contributed by atoms with van der Waals surface area (Å²) in [6.45, 7) is 5.59. The van der Waals surface area contributed by atoms with Gasteiger partial charge < -0.3 is 35.0 Å². The lowest BCUT2D eigenvalue weighted by Gasteiger charge is -2.37. The molecule has 14 heteroatoms. The quantitative estimate of drug-likeness (QED) is 0.131. The molecule has 6 N–H and O–H groups in total. The number of aliphatic hydroxyl groups is 3. The van der Waals surface area contributed by atoms with Crippen LogP contribution in [0.2, 0.25) is 0 Å². The molecule has 0 bridgehead atoms. The molecule has 0 radical (unpaired) electrons. The number of phenols is 1. The monoisotopic (exact) mass is 618 g/mol. The predicted molar refractivity (Wildman–Crippen MR) is 158 cm³/mol. The van der Waals surface area contributed by atoms with Crippen LogP contribution < -0.4 is 5.56 Å². The predicted octanol–water partition coefficient (Wildman–Crippen LogP) is 2.93. The molecule has 14 nitrogen and oxygen atoms in total. The summed E-state index contributed by atoms with van der Waals surface area (Å²) in [7, 11) is 0. The molecule has 0 saturated carbocycles. The number of aromatic hydroxyl groups is 1. The molecule has 0 aliphatic carbocycles. The summed E-state index contributed by atoms with van der Waals surface area (Å²) in [6.07, 6.45) is -9.62. The Morgan fingerprint density at radius 3 is 2.36 bits per heavy atom. The number of carbonyl (C=O) groups is 2. The average Bonchev–Trinajstić information content (AvgIpc) is 3.30. The zero-order chi connectivity index (χ0) is 32.6. The minimum Gasteiger partial charge on any atom is -0.505 e. The van der Waals surface area contributed by atoms with Gasteiger partial charge in [0, 0.05) is 5.56 Å². The van der Waals surface area contributed by atoms with Crippen molar-refractivity contribution >= 4 is 23.3 Å². The minimum absolute atomic E-state index is 0.0456. The number of para-hydroxylation sites is 1. The van der Waals surface area contributed by atoms with Gasteiger partial charge in [-0.15, -0.1) is 10.2 Å². The van der Waals surface area contributed by atoms with Crippen LogP contribution in [0.15, 0.2) is 75.7 Å². The molecule has 4 aromatic rings. The van der Waals surface area contributed by atoms with E-state index in [0.29, 0.717) is 16.9 Å². The zero-order valence-corrected chi connectivity index (χ0v) is 24.3. The lowest BCUT2D eigenvalue weighted by atomic mass is 9.99. The number of azo groups is 1. The van der Waals surface area contributed by atoms with Crippen LogP contribution in [0.4, 0.5) is 11.4 Å². The fourth-order valence-electron chi connectivity index (χ4n) is 4.79. The first kappa shape index (κ1) is 31.3. The Morgan fingerprint density at radius 2 is 1.64 bits per heavy atom. The molecule has 1 saturated heterocycles. The van der Waals surface area contributed by atoms with Gasteiger partial charge in [0.15, 0.2) is 17.5 Å². The van der Waals surface area contributed by atoms with E-state index in [0.717, 1.165) is 11.1 Å². The molecule has 234 valence electrons. The Kier molecular flexibility index (Phi) is 8.66. The third-order valence-corrected chi connectivity index (χ3v) is 7.51. The Hall–Kier alpha value is -5.15. The first-order valence-corrected chi connectivity index (χ1v) is 13.7. The fourth-order valence-corrected chi connectivity index (χ4v) is 4.79. The van der Waals surface area contributed by atoms with Crippen molar-refractivity contribution in [1.82, 2.24) is 9.78 Å². The third kappa shape index (κ3) is 6.12. The van der Waals surface area contributed by atoms with Crippen molar-refractivity contribution in [2.75, 3.05) is 0 Å². The number of rotatable bonds is 7. The highest BCUT2D eigenvalue weighted by Crippen LogP contribution is 2.38. The van der Waals surface area contributed by atoms with Gasteiger partial charge in [-0.3, -0.25) is 9.89 Å². The molecule has 1 aliphatic heterocycles. The van der Waals surface area contributed by atoms with Crippen LogP contribution >= 0.6 is 0 Å². The average molecular weight is 619 g/mol. The Balaban J connectivity index is 1.38. The second-order valence-electron chi connectivity index (χ2n) is 10.6. The number of benzene rings is 3. The van der Waals surface area contributed by atoms with Crippen molar-refractivity contribution < 1.29 is 44.6 Å². The standard InChI is InChI=1S/C31H30N4O10/c1-14-10-11-19(12-15(14)2)35-28(40)22(16(3)34-35)33-32-21-9-5-8-20(23(21)36)17-6-4-7-18(13-17)30(43)45-31-26(39)24(37)25(38)27(44-31)29(41)42/h4-13,24-27,31,34,36-39H,1-3H3,(H,41,42)/t24-,25-,26+,27-,31-/m1/s1. The van der Waals surface area contributed by atoms with Gasteiger partial charge >= 0.3 is 11.9 Å². The van der Waals surface area contributed by atoms with E-state index in [9.17, 15) is 39.9 Å².